The number of nitrogens with zero attached hydrogens (tertiary/aromatic N) is 3. The smallest absolute Gasteiger partial charge is 0.230 e. The van der Waals surface area contributed by atoms with Gasteiger partial charge < -0.3 is 9.88 Å². The fourth-order valence-electron chi connectivity index (χ4n) is 2.57. The first-order chi connectivity index (χ1) is 9.08. The second-order valence-electron chi connectivity index (χ2n) is 5.45. The summed E-state index contributed by atoms with van der Waals surface area (Å²) in [6, 6.07) is 0.330. The lowest BCUT2D eigenvalue weighted by atomic mass is 9.78. The summed E-state index contributed by atoms with van der Waals surface area (Å²) in [4.78, 5) is 12.0. The lowest BCUT2D eigenvalue weighted by Gasteiger charge is -2.34. The van der Waals surface area contributed by atoms with Crippen LogP contribution in [0.3, 0.4) is 0 Å². The number of carbonyl (C=O) groups is 1. The molecule has 106 valence electrons. The molecule has 1 heterocycles. The Morgan fingerprint density at radius 1 is 1.53 bits per heavy atom. The summed E-state index contributed by atoms with van der Waals surface area (Å²) < 4.78 is 1.82. The molecule has 1 aliphatic carbocycles. The van der Waals surface area contributed by atoms with Crippen LogP contribution in [-0.2, 0) is 11.8 Å². The number of aromatic nitrogens is 3. The fraction of sp³-hybridized carbons (Fsp3) is 0.769. The van der Waals surface area contributed by atoms with Gasteiger partial charge in [0, 0.05) is 13.1 Å². The van der Waals surface area contributed by atoms with E-state index in [9.17, 15) is 4.79 Å². The molecule has 6 heteroatoms. The Morgan fingerprint density at radius 2 is 2.32 bits per heavy atom. The maximum atomic E-state index is 12.0. The maximum Gasteiger partial charge on any atom is 0.230 e. The molecular formula is C13H22N4OS. The zero-order valence-electron chi connectivity index (χ0n) is 11.8. The summed E-state index contributed by atoms with van der Waals surface area (Å²) in [6.45, 7) is 4.52. The summed E-state index contributed by atoms with van der Waals surface area (Å²) in [6.07, 6.45) is 5.24. The minimum absolute atomic E-state index is 0.0963. The van der Waals surface area contributed by atoms with E-state index < -0.39 is 0 Å². The number of hydrogen-bond donors (Lipinski definition) is 1. The molecule has 0 radical (unpaired) electrons. The van der Waals surface area contributed by atoms with Gasteiger partial charge in [-0.1, -0.05) is 38.5 Å². The number of aryl methyl sites for hydroxylation is 1. The Bertz CT molecular complexity index is 434. The molecule has 1 N–H and O–H groups in total. The third-order valence-corrected chi connectivity index (χ3v) is 5.09. The molecule has 1 aromatic heterocycles. The van der Waals surface area contributed by atoms with Crippen LogP contribution in [0.15, 0.2) is 11.5 Å². The van der Waals surface area contributed by atoms with Gasteiger partial charge in [-0.25, -0.2) is 0 Å². The van der Waals surface area contributed by atoms with E-state index in [1.165, 1.54) is 24.6 Å². The van der Waals surface area contributed by atoms with Crippen molar-refractivity contribution in [2.45, 2.75) is 44.3 Å². The van der Waals surface area contributed by atoms with E-state index in [2.05, 4.69) is 29.4 Å². The fourth-order valence-corrected chi connectivity index (χ4v) is 3.27. The lowest BCUT2D eigenvalue weighted by molar-refractivity contribution is -0.120. The molecule has 2 rings (SSSR count). The molecule has 1 fully saturated rings. The molecule has 1 amide bonds. The molecule has 0 bridgehead atoms. The predicted octanol–water partition coefficient (Wildman–Crippen LogP) is 1.85. The predicted molar refractivity (Wildman–Crippen MR) is 75.8 cm³/mol. The van der Waals surface area contributed by atoms with E-state index in [4.69, 9.17) is 0 Å². The highest BCUT2D eigenvalue weighted by Crippen LogP contribution is 2.29. The van der Waals surface area contributed by atoms with E-state index in [1.807, 2.05) is 11.6 Å². The number of amides is 1. The van der Waals surface area contributed by atoms with Gasteiger partial charge in [-0.3, -0.25) is 4.79 Å². The first-order valence-electron chi connectivity index (χ1n) is 6.84. The van der Waals surface area contributed by atoms with E-state index in [-0.39, 0.29) is 5.91 Å². The Hall–Kier alpha value is -1.04. The molecule has 0 aromatic carbocycles. The summed E-state index contributed by atoms with van der Waals surface area (Å²) >= 11 is 1.43. The minimum Gasteiger partial charge on any atom is -0.352 e. The standard InChI is InChI=1S/C13H22N4OS/c1-9-5-4-6-11(10(9)2)15-12(18)7-19-13-16-14-8-17(13)3/h8-11H,4-7H2,1-3H3,(H,15,18)/t9-,10+,11-/m1/s1. The van der Waals surface area contributed by atoms with Crippen molar-refractivity contribution in [2.75, 3.05) is 5.75 Å². The van der Waals surface area contributed by atoms with Gasteiger partial charge >= 0.3 is 0 Å². The molecule has 0 saturated heterocycles. The molecule has 1 aromatic rings. The monoisotopic (exact) mass is 282 g/mol. The summed E-state index contributed by atoms with van der Waals surface area (Å²) in [5, 5.41) is 11.7. The van der Waals surface area contributed by atoms with Gasteiger partial charge in [-0.15, -0.1) is 10.2 Å². The van der Waals surface area contributed by atoms with Crippen molar-refractivity contribution in [1.82, 2.24) is 20.1 Å². The Balaban J connectivity index is 1.79. The third kappa shape index (κ3) is 3.72. The van der Waals surface area contributed by atoms with Crippen molar-refractivity contribution in [3.8, 4) is 0 Å². The molecular weight excluding hydrogens is 260 g/mol. The van der Waals surface area contributed by atoms with Crippen LogP contribution < -0.4 is 5.32 Å². The SMILES string of the molecule is C[C@H]1[C@H](C)CCC[C@H]1NC(=O)CSc1nncn1C. The van der Waals surface area contributed by atoms with Crippen LogP contribution in [0.25, 0.3) is 0 Å². The van der Waals surface area contributed by atoms with Gasteiger partial charge in [0.2, 0.25) is 5.91 Å². The maximum absolute atomic E-state index is 12.0. The van der Waals surface area contributed by atoms with Crippen LogP contribution in [0, 0.1) is 11.8 Å². The van der Waals surface area contributed by atoms with Gasteiger partial charge in [0.15, 0.2) is 5.16 Å². The molecule has 0 spiro atoms. The molecule has 1 saturated carbocycles. The molecule has 5 nitrogen and oxygen atoms in total. The van der Waals surface area contributed by atoms with Gasteiger partial charge in [-0.2, -0.15) is 0 Å². The van der Waals surface area contributed by atoms with Gasteiger partial charge in [-0.05, 0) is 18.3 Å². The molecule has 0 unspecified atom stereocenters. The van der Waals surface area contributed by atoms with Crippen LogP contribution in [0.1, 0.15) is 33.1 Å². The van der Waals surface area contributed by atoms with Crippen LogP contribution in [-0.4, -0.2) is 32.5 Å². The minimum atomic E-state index is 0.0963. The van der Waals surface area contributed by atoms with Gasteiger partial charge in [0.1, 0.15) is 6.33 Å². The Morgan fingerprint density at radius 3 is 3.00 bits per heavy atom. The number of nitrogens with one attached hydrogen (secondary N) is 1. The molecule has 0 aliphatic heterocycles. The zero-order chi connectivity index (χ0) is 13.8. The lowest BCUT2D eigenvalue weighted by Crippen LogP contribution is -2.44. The molecule has 1 aliphatic rings. The van der Waals surface area contributed by atoms with Crippen molar-refractivity contribution >= 4 is 17.7 Å². The van der Waals surface area contributed by atoms with Crippen molar-refractivity contribution in [3.63, 3.8) is 0 Å². The highest BCUT2D eigenvalue weighted by molar-refractivity contribution is 7.99. The molecule has 3 atom stereocenters. The normalized spacial score (nSPS) is 27.2. The zero-order valence-corrected chi connectivity index (χ0v) is 12.6. The van der Waals surface area contributed by atoms with E-state index >= 15 is 0 Å². The Labute approximate surface area is 118 Å². The first kappa shape index (κ1) is 14.4. The quantitative estimate of drug-likeness (QED) is 0.856. The number of carbonyl (C=O) groups excluding carboxylic acids is 1. The second-order valence-corrected chi connectivity index (χ2v) is 6.40. The first-order valence-corrected chi connectivity index (χ1v) is 7.82. The number of rotatable bonds is 4. The van der Waals surface area contributed by atoms with Gasteiger partial charge in [0.05, 0.1) is 5.75 Å². The van der Waals surface area contributed by atoms with Crippen LogP contribution >= 0.6 is 11.8 Å². The topological polar surface area (TPSA) is 59.8 Å². The average molecular weight is 282 g/mol. The number of hydrogen-bond acceptors (Lipinski definition) is 4. The van der Waals surface area contributed by atoms with E-state index in [0.29, 0.717) is 23.6 Å². The Kier molecular flexibility index (Phi) is 4.85. The van der Waals surface area contributed by atoms with Crippen LogP contribution in [0.5, 0.6) is 0 Å². The highest BCUT2D eigenvalue weighted by Gasteiger charge is 2.28. The number of thioether (sulfide) groups is 1. The highest BCUT2D eigenvalue weighted by atomic mass is 32.2. The molecule has 19 heavy (non-hydrogen) atoms. The van der Waals surface area contributed by atoms with Crippen molar-refractivity contribution < 1.29 is 4.79 Å². The van der Waals surface area contributed by atoms with Crippen LogP contribution in [0.2, 0.25) is 0 Å². The average Bonchev–Trinajstić information content (AvgIpc) is 2.78. The van der Waals surface area contributed by atoms with Crippen molar-refractivity contribution in [2.24, 2.45) is 18.9 Å². The second kappa shape index (κ2) is 6.41. The summed E-state index contributed by atoms with van der Waals surface area (Å²) in [5.74, 6) is 1.77. The van der Waals surface area contributed by atoms with E-state index in [1.54, 1.807) is 6.33 Å². The van der Waals surface area contributed by atoms with Gasteiger partial charge in [0.25, 0.3) is 0 Å². The van der Waals surface area contributed by atoms with Crippen molar-refractivity contribution in [1.29, 1.82) is 0 Å². The van der Waals surface area contributed by atoms with Crippen molar-refractivity contribution in [3.05, 3.63) is 6.33 Å². The summed E-state index contributed by atoms with van der Waals surface area (Å²) in [7, 11) is 1.88. The largest absolute Gasteiger partial charge is 0.352 e. The summed E-state index contributed by atoms with van der Waals surface area (Å²) in [5.41, 5.74) is 0. The third-order valence-electron chi connectivity index (χ3n) is 4.06. The van der Waals surface area contributed by atoms with E-state index in [0.717, 1.165) is 11.6 Å². The van der Waals surface area contributed by atoms with Crippen LogP contribution in [0.4, 0.5) is 0 Å².